The fourth-order valence-electron chi connectivity index (χ4n) is 2.60. The van der Waals surface area contributed by atoms with Crippen LogP contribution in [-0.2, 0) is 4.74 Å². The quantitative estimate of drug-likeness (QED) is 0.617. The molecule has 1 aliphatic rings. The molecule has 0 saturated carbocycles. The number of carbonyl (C=O) groups is 2. The maximum atomic E-state index is 13.8. The Balaban J connectivity index is 2.07. The molecule has 0 aromatic heterocycles. The van der Waals surface area contributed by atoms with Crippen LogP contribution in [0, 0.1) is 5.82 Å². The predicted molar refractivity (Wildman–Crippen MR) is 97.4 cm³/mol. The largest absolute Gasteiger partial charge is 0.444 e. The molecule has 1 fully saturated rings. The van der Waals surface area contributed by atoms with Crippen LogP contribution in [0.4, 0.5) is 9.18 Å². The molecule has 25 heavy (non-hydrogen) atoms. The summed E-state index contributed by atoms with van der Waals surface area (Å²) in [6.45, 7) is 8.33. The summed E-state index contributed by atoms with van der Waals surface area (Å²) in [5.74, 6) is -0.952. The molecule has 2 rings (SSSR count). The van der Waals surface area contributed by atoms with E-state index in [0.717, 1.165) is 6.07 Å². The van der Waals surface area contributed by atoms with Gasteiger partial charge >= 0.3 is 6.09 Å². The molecule has 138 valence electrons. The fraction of sp³-hybridized carbons (Fsp3) is 0.529. The van der Waals surface area contributed by atoms with Crippen LogP contribution < -0.4 is 0 Å². The lowest BCUT2D eigenvalue weighted by molar-refractivity contribution is 0.00198. The molecule has 5 nitrogen and oxygen atoms in total. The first kappa shape index (κ1) is 20.0. The summed E-state index contributed by atoms with van der Waals surface area (Å²) in [4.78, 5) is 28.1. The third-order valence-corrected chi connectivity index (χ3v) is 5.01. The second kappa shape index (κ2) is 7.50. The van der Waals surface area contributed by atoms with E-state index in [1.165, 1.54) is 6.07 Å². The van der Waals surface area contributed by atoms with E-state index >= 15 is 0 Å². The topological polar surface area (TPSA) is 49.9 Å². The molecule has 1 atom stereocenters. The second-order valence-corrected chi connectivity index (χ2v) is 8.26. The van der Waals surface area contributed by atoms with Crippen LogP contribution in [0.1, 0.15) is 38.1 Å². The van der Waals surface area contributed by atoms with Crippen molar-refractivity contribution in [2.45, 2.75) is 39.3 Å². The Hall–Kier alpha value is -1.34. The molecule has 0 bridgehead atoms. The molecule has 0 radical (unpaired) electrons. The van der Waals surface area contributed by atoms with Crippen molar-refractivity contribution in [3.05, 3.63) is 33.0 Å². The molecule has 1 aliphatic heterocycles. The third kappa shape index (κ3) is 4.85. The van der Waals surface area contributed by atoms with Crippen molar-refractivity contribution in [1.29, 1.82) is 0 Å². The Kier molecular flexibility index (Phi) is 5.99. The molecule has 1 unspecified atom stereocenters. The van der Waals surface area contributed by atoms with Crippen molar-refractivity contribution >= 4 is 39.5 Å². The number of hydrogen-bond acceptors (Lipinski definition) is 3. The third-order valence-electron chi connectivity index (χ3n) is 3.77. The second-order valence-electron chi connectivity index (χ2n) is 7.03. The van der Waals surface area contributed by atoms with Crippen LogP contribution in [0.3, 0.4) is 0 Å². The number of nitrogens with zero attached hydrogens (tertiary/aromatic N) is 2. The van der Waals surface area contributed by atoms with Crippen molar-refractivity contribution in [2.24, 2.45) is 0 Å². The minimum absolute atomic E-state index is 0.0559. The highest BCUT2D eigenvalue weighted by Gasteiger charge is 2.33. The summed E-state index contributed by atoms with van der Waals surface area (Å²) in [6, 6.07) is 2.42. The number of amides is 2. The number of ether oxygens (including phenoxy) is 1. The highest BCUT2D eigenvalue weighted by Crippen LogP contribution is 2.28. The first-order chi connectivity index (χ1) is 11.5. The molecule has 1 saturated heterocycles. The number of halogens is 3. The van der Waals surface area contributed by atoms with Gasteiger partial charge < -0.3 is 14.5 Å². The molecule has 0 N–H and O–H groups in total. The van der Waals surface area contributed by atoms with Gasteiger partial charge in [-0.15, -0.1) is 0 Å². The lowest BCUT2D eigenvalue weighted by Crippen LogP contribution is -2.56. The Bertz CT molecular complexity index is 670. The Morgan fingerprint density at radius 3 is 2.48 bits per heavy atom. The molecule has 1 heterocycles. The van der Waals surface area contributed by atoms with Crippen LogP contribution in [0.15, 0.2) is 16.6 Å². The van der Waals surface area contributed by atoms with E-state index in [9.17, 15) is 14.0 Å². The Labute approximate surface area is 160 Å². The minimum atomic E-state index is -0.653. The van der Waals surface area contributed by atoms with Gasteiger partial charge in [-0.1, -0.05) is 11.6 Å². The molecule has 1 aromatic rings. The smallest absolute Gasteiger partial charge is 0.410 e. The summed E-state index contributed by atoms with van der Waals surface area (Å²) in [7, 11) is 0. The van der Waals surface area contributed by atoms with Crippen molar-refractivity contribution in [3.8, 4) is 0 Å². The van der Waals surface area contributed by atoms with E-state index in [2.05, 4.69) is 15.9 Å². The number of benzene rings is 1. The Morgan fingerprint density at radius 1 is 1.32 bits per heavy atom. The molecular formula is C17H21BrClFN2O3. The number of piperazine rings is 1. The van der Waals surface area contributed by atoms with Gasteiger partial charge in [-0.3, -0.25) is 4.79 Å². The molecule has 0 spiro atoms. The van der Waals surface area contributed by atoms with E-state index < -0.39 is 17.5 Å². The summed E-state index contributed by atoms with van der Waals surface area (Å²) < 4.78 is 19.5. The zero-order valence-corrected chi connectivity index (χ0v) is 16.9. The van der Waals surface area contributed by atoms with Gasteiger partial charge in [0.05, 0.1) is 5.02 Å². The van der Waals surface area contributed by atoms with E-state index in [-0.39, 0.29) is 22.5 Å². The number of hydrogen-bond donors (Lipinski definition) is 0. The van der Waals surface area contributed by atoms with E-state index in [1.807, 2.05) is 27.7 Å². The van der Waals surface area contributed by atoms with E-state index in [4.69, 9.17) is 16.3 Å². The van der Waals surface area contributed by atoms with Gasteiger partial charge in [0.15, 0.2) is 0 Å². The average molecular weight is 436 g/mol. The van der Waals surface area contributed by atoms with Gasteiger partial charge in [-0.05, 0) is 55.8 Å². The summed E-state index contributed by atoms with van der Waals surface area (Å²) in [5.41, 5.74) is -0.358. The summed E-state index contributed by atoms with van der Waals surface area (Å²) >= 11 is 8.91. The van der Waals surface area contributed by atoms with E-state index in [1.54, 1.807) is 9.80 Å². The van der Waals surface area contributed by atoms with Crippen LogP contribution in [0.25, 0.3) is 0 Å². The van der Waals surface area contributed by atoms with Gasteiger partial charge in [0.25, 0.3) is 5.91 Å². The molecule has 0 aliphatic carbocycles. The maximum Gasteiger partial charge on any atom is 0.410 e. The average Bonchev–Trinajstić information content (AvgIpc) is 2.49. The molecular weight excluding hydrogens is 415 g/mol. The number of carbonyl (C=O) groups excluding carboxylic acids is 2. The molecule has 1 aromatic carbocycles. The molecule has 8 heteroatoms. The lowest BCUT2D eigenvalue weighted by Gasteiger charge is -2.40. The van der Waals surface area contributed by atoms with Gasteiger partial charge in [-0.25, -0.2) is 9.18 Å². The number of rotatable bonds is 1. The minimum Gasteiger partial charge on any atom is -0.444 e. The highest BCUT2D eigenvalue weighted by atomic mass is 79.9. The highest BCUT2D eigenvalue weighted by molar-refractivity contribution is 9.10. The lowest BCUT2D eigenvalue weighted by atomic mass is 10.1. The van der Waals surface area contributed by atoms with Crippen molar-refractivity contribution in [2.75, 3.05) is 19.6 Å². The first-order valence-electron chi connectivity index (χ1n) is 7.93. The van der Waals surface area contributed by atoms with Crippen LogP contribution >= 0.6 is 27.5 Å². The SMILES string of the molecule is CC1CN(C(=O)c2cc(F)c(Cl)c(Br)c2)CCN1C(=O)OC(C)(C)C. The van der Waals surface area contributed by atoms with Gasteiger partial charge in [-0.2, -0.15) is 0 Å². The van der Waals surface area contributed by atoms with Crippen LogP contribution in [-0.4, -0.2) is 53.1 Å². The zero-order chi connectivity index (χ0) is 18.9. The van der Waals surface area contributed by atoms with Gasteiger partial charge in [0, 0.05) is 35.7 Å². The van der Waals surface area contributed by atoms with Gasteiger partial charge in [0.2, 0.25) is 0 Å². The predicted octanol–water partition coefficient (Wildman–Crippen LogP) is 4.32. The standard InChI is InChI=1S/C17H21BrClFN2O3/c1-10-9-21(5-6-22(10)16(24)25-17(2,3)4)15(23)11-7-12(18)14(19)13(20)8-11/h7-8,10H,5-6,9H2,1-4H3. The Morgan fingerprint density at radius 2 is 1.96 bits per heavy atom. The zero-order valence-electron chi connectivity index (χ0n) is 14.6. The van der Waals surface area contributed by atoms with Gasteiger partial charge in [0.1, 0.15) is 11.4 Å². The van der Waals surface area contributed by atoms with Crippen molar-refractivity contribution in [3.63, 3.8) is 0 Å². The maximum absolute atomic E-state index is 13.8. The normalized spacial score (nSPS) is 18.3. The van der Waals surface area contributed by atoms with Crippen molar-refractivity contribution < 1.29 is 18.7 Å². The first-order valence-corrected chi connectivity index (χ1v) is 9.10. The fourth-order valence-corrected chi connectivity index (χ4v) is 3.14. The molecule has 2 amide bonds. The monoisotopic (exact) mass is 434 g/mol. The summed E-state index contributed by atoms with van der Waals surface area (Å²) in [5, 5.41) is -0.0559. The van der Waals surface area contributed by atoms with Crippen molar-refractivity contribution in [1.82, 2.24) is 9.80 Å². The van der Waals surface area contributed by atoms with Crippen LogP contribution in [0.2, 0.25) is 5.02 Å². The van der Waals surface area contributed by atoms with Crippen LogP contribution in [0.5, 0.6) is 0 Å². The van der Waals surface area contributed by atoms with E-state index in [0.29, 0.717) is 24.1 Å². The summed E-state index contributed by atoms with van der Waals surface area (Å²) in [6.07, 6.45) is -0.396.